The highest BCUT2D eigenvalue weighted by molar-refractivity contribution is 7.98. The Bertz CT molecular complexity index is 464. The summed E-state index contributed by atoms with van der Waals surface area (Å²) in [4.78, 5) is 0. The second-order valence-corrected chi connectivity index (χ2v) is 5.77. The molecule has 2 heteroatoms. The summed E-state index contributed by atoms with van der Waals surface area (Å²) in [6, 6.07) is 19.4. The minimum absolute atomic E-state index is 0.979. The van der Waals surface area contributed by atoms with Crippen molar-refractivity contribution in [2.45, 2.75) is 19.1 Å². The van der Waals surface area contributed by atoms with E-state index in [2.05, 4.69) is 66.8 Å². The summed E-state index contributed by atoms with van der Waals surface area (Å²) in [7, 11) is 0. The van der Waals surface area contributed by atoms with Gasteiger partial charge in [-0.3, -0.25) is 0 Å². The lowest BCUT2D eigenvalue weighted by molar-refractivity contribution is 1.02. The Hall–Kier alpha value is -1.41. The maximum Gasteiger partial charge on any atom is 0.0340 e. The van der Waals surface area contributed by atoms with Crippen molar-refractivity contribution in [3.05, 3.63) is 65.7 Å². The molecule has 0 amide bonds. The lowest BCUT2D eigenvalue weighted by atomic mass is 10.1. The Kier molecular flexibility index (Phi) is 5.83. The van der Waals surface area contributed by atoms with Crippen LogP contribution in [0, 0.1) is 0 Å². The molecule has 0 radical (unpaired) electrons. The summed E-state index contributed by atoms with van der Waals surface area (Å²) in [5, 5.41) is 3.47. The molecule has 0 fully saturated rings. The molecule has 0 unspecified atom stereocenters. The Labute approximate surface area is 120 Å². The summed E-state index contributed by atoms with van der Waals surface area (Å²) in [5.41, 5.74) is 3.99. The average molecular weight is 271 g/mol. The van der Waals surface area contributed by atoms with E-state index in [1.54, 1.807) is 0 Å². The van der Waals surface area contributed by atoms with Gasteiger partial charge in [0.05, 0.1) is 0 Å². The minimum Gasteiger partial charge on any atom is -0.385 e. The molecule has 0 saturated carbocycles. The van der Waals surface area contributed by atoms with Gasteiger partial charge in [-0.05, 0) is 35.4 Å². The van der Waals surface area contributed by atoms with Crippen LogP contribution in [0.4, 0.5) is 5.69 Å². The third-order valence-electron chi connectivity index (χ3n) is 3.01. The highest BCUT2D eigenvalue weighted by Gasteiger charge is 1.95. The third-order valence-corrected chi connectivity index (χ3v) is 3.96. The van der Waals surface area contributed by atoms with Crippen LogP contribution in [0.1, 0.15) is 18.1 Å². The fourth-order valence-corrected chi connectivity index (χ4v) is 2.57. The molecule has 0 atom stereocenters. The van der Waals surface area contributed by atoms with E-state index in [4.69, 9.17) is 0 Å². The van der Waals surface area contributed by atoms with E-state index < -0.39 is 0 Å². The van der Waals surface area contributed by atoms with Crippen LogP contribution in [0.15, 0.2) is 54.6 Å². The smallest absolute Gasteiger partial charge is 0.0340 e. The number of benzene rings is 2. The summed E-state index contributed by atoms with van der Waals surface area (Å²) < 4.78 is 0. The summed E-state index contributed by atoms with van der Waals surface area (Å²) in [5.74, 6) is 2.29. The molecule has 1 nitrogen and oxygen atoms in total. The van der Waals surface area contributed by atoms with Gasteiger partial charge in [-0.2, -0.15) is 11.8 Å². The van der Waals surface area contributed by atoms with Gasteiger partial charge in [0.25, 0.3) is 0 Å². The zero-order valence-corrected chi connectivity index (χ0v) is 12.2. The Balaban J connectivity index is 1.77. The zero-order chi connectivity index (χ0) is 13.3. The molecule has 1 N–H and O–H groups in total. The Morgan fingerprint density at radius 2 is 1.63 bits per heavy atom. The normalized spacial score (nSPS) is 10.4. The number of hydrogen-bond acceptors (Lipinski definition) is 2. The van der Waals surface area contributed by atoms with Crippen molar-refractivity contribution < 1.29 is 0 Å². The molecular formula is C17H21NS. The van der Waals surface area contributed by atoms with Gasteiger partial charge < -0.3 is 5.32 Å². The maximum absolute atomic E-state index is 3.47. The molecule has 0 aliphatic rings. The molecule has 0 bridgehead atoms. The minimum atomic E-state index is 0.979. The molecule has 2 aromatic carbocycles. The predicted octanol–water partition coefficient (Wildman–Crippen LogP) is 4.59. The van der Waals surface area contributed by atoms with Crippen LogP contribution in [0.5, 0.6) is 0 Å². The van der Waals surface area contributed by atoms with Crippen LogP contribution < -0.4 is 5.32 Å². The van der Waals surface area contributed by atoms with Crippen molar-refractivity contribution in [1.29, 1.82) is 0 Å². The second kappa shape index (κ2) is 7.90. The van der Waals surface area contributed by atoms with Crippen molar-refractivity contribution in [1.82, 2.24) is 0 Å². The van der Waals surface area contributed by atoms with Crippen molar-refractivity contribution >= 4 is 17.4 Å². The monoisotopic (exact) mass is 271 g/mol. The second-order valence-electron chi connectivity index (χ2n) is 4.50. The first-order valence-corrected chi connectivity index (χ1v) is 7.98. The van der Waals surface area contributed by atoms with Gasteiger partial charge in [-0.1, -0.05) is 49.4 Å². The van der Waals surface area contributed by atoms with E-state index >= 15 is 0 Å². The van der Waals surface area contributed by atoms with Gasteiger partial charge in [-0.25, -0.2) is 0 Å². The zero-order valence-electron chi connectivity index (χ0n) is 11.4. The quantitative estimate of drug-likeness (QED) is 0.790. The number of hydrogen-bond donors (Lipinski definition) is 1. The van der Waals surface area contributed by atoms with Crippen LogP contribution in [-0.4, -0.2) is 12.3 Å². The van der Waals surface area contributed by atoms with Crippen LogP contribution in [-0.2, 0) is 12.2 Å². The van der Waals surface area contributed by atoms with E-state index in [1.165, 1.54) is 22.6 Å². The lowest BCUT2D eigenvalue weighted by Crippen LogP contribution is -2.04. The topological polar surface area (TPSA) is 12.0 Å². The molecule has 0 aliphatic heterocycles. The predicted molar refractivity (Wildman–Crippen MR) is 86.9 cm³/mol. The van der Waals surface area contributed by atoms with Crippen molar-refractivity contribution in [3.8, 4) is 0 Å². The van der Waals surface area contributed by atoms with E-state index in [9.17, 15) is 0 Å². The van der Waals surface area contributed by atoms with E-state index in [0.717, 1.165) is 18.7 Å². The Morgan fingerprint density at radius 3 is 2.32 bits per heavy atom. The standard InChI is InChI=1S/C17H21NS/c1-2-19-14-16-8-10-17(11-9-16)18-13-12-15-6-4-3-5-7-15/h3-11,18H,2,12-14H2,1H3. The molecule has 0 aliphatic carbocycles. The van der Waals surface area contributed by atoms with Crippen LogP contribution in [0.2, 0.25) is 0 Å². The van der Waals surface area contributed by atoms with Crippen molar-refractivity contribution in [2.75, 3.05) is 17.6 Å². The highest BCUT2D eigenvalue weighted by atomic mass is 32.2. The number of nitrogens with one attached hydrogen (secondary N) is 1. The van der Waals surface area contributed by atoms with Gasteiger partial charge in [0.1, 0.15) is 0 Å². The van der Waals surface area contributed by atoms with Gasteiger partial charge in [0.15, 0.2) is 0 Å². The van der Waals surface area contributed by atoms with Crippen molar-refractivity contribution in [2.24, 2.45) is 0 Å². The molecule has 2 rings (SSSR count). The highest BCUT2D eigenvalue weighted by Crippen LogP contribution is 2.15. The van der Waals surface area contributed by atoms with Crippen LogP contribution in [0.25, 0.3) is 0 Å². The summed E-state index contributed by atoms with van der Waals surface area (Å²) in [6.07, 6.45) is 1.06. The first-order valence-electron chi connectivity index (χ1n) is 6.83. The van der Waals surface area contributed by atoms with Crippen molar-refractivity contribution in [3.63, 3.8) is 0 Å². The maximum atomic E-state index is 3.47. The molecule has 0 spiro atoms. The average Bonchev–Trinajstić information content (AvgIpc) is 2.47. The molecular weight excluding hydrogens is 250 g/mol. The number of rotatable bonds is 7. The number of thioether (sulfide) groups is 1. The fraction of sp³-hybridized carbons (Fsp3) is 0.294. The van der Waals surface area contributed by atoms with Gasteiger partial charge in [-0.15, -0.1) is 0 Å². The molecule has 0 saturated heterocycles. The molecule has 100 valence electrons. The molecule has 0 heterocycles. The van der Waals surface area contributed by atoms with Gasteiger partial charge in [0, 0.05) is 18.0 Å². The van der Waals surface area contributed by atoms with E-state index in [0.29, 0.717) is 0 Å². The van der Waals surface area contributed by atoms with E-state index in [1.807, 2.05) is 11.8 Å². The summed E-state index contributed by atoms with van der Waals surface area (Å²) >= 11 is 1.96. The molecule has 19 heavy (non-hydrogen) atoms. The largest absolute Gasteiger partial charge is 0.385 e. The number of anilines is 1. The first-order chi connectivity index (χ1) is 9.38. The first kappa shape index (κ1) is 14.0. The Morgan fingerprint density at radius 1 is 0.895 bits per heavy atom. The van der Waals surface area contributed by atoms with Crippen LogP contribution in [0.3, 0.4) is 0 Å². The summed E-state index contributed by atoms with van der Waals surface area (Å²) in [6.45, 7) is 3.18. The van der Waals surface area contributed by atoms with Gasteiger partial charge >= 0.3 is 0 Å². The van der Waals surface area contributed by atoms with E-state index in [-0.39, 0.29) is 0 Å². The SMILES string of the molecule is CCSCc1ccc(NCCc2ccccc2)cc1. The molecule has 2 aromatic rings. The third kappa shape index (κ3) is 4.99. The van der Waals surface area contributed by atoms with Crippen LogP contribution >= 0.6 is 11.8 Å². The lowest BCUT2D eigenvalue weighted by Gasteiger charge is -2.07. The fourth-order valence-electron chi connectivity index (χ4n) is 1.93. The van der Waals surface area contributed by atoms with Gasteiger partial charge in [0.2, 0.25) is 0 Å². The molecule has 0 aromatic heterocycles.